The van der Waals surface area contributed by atoms with Crippen molar-refractivity contribution in [3.05, 3.63) is 65.5 Å². The van der Waals surface area contributed by atoms with Crippen molar-refractivity contribution in [2.24, 2.45) is 0 Å². The first-order valence-electron chi connectivity index (χ1n) is 7.30. The number of nitrogens with one attached hydrogen (secondary N) is 1. The van der Waals surface area contributed by atoms with E-state index in [9.17, 15) is 0 Å². The summed E-state index contributed by atoms with van der Waals surface area (Å²) in [4.78, 5) is 3.16. The van der Waals surface area contributed by atoms with E-state index in [0.29, 0.717) is 12.8 Å². The number of pyridine rings is 1. The van der Waals surface area contributed by atoms with Crippen molar-refractivity contribution < 1.29 is 15.2 Å². The molecule has 110 valence electrons. The maximum atomic E-state index is 9.09. The summed E-state index contributed by atoms with van der Waals surface area (Å²) in [6.07, 6.45) is 7.37. The molecule has 0 saturated carbocycles. The van der Waals surface area contributed by atoms with Crippen molar-refractivity contribution in [1.82, 2.24) is 0 Å². The molecular formula is C18H22NO2+. The summed E-state index contributed by atoms with van der Waals surface area (Å²) >= 11 is 0. The first kappa shape index (κ1) is 15.4. The molecule has 0 unspecified atom stereocenters. The van der Waals surface area contributed by atoms with Crippen LogP contribution in [-0.2, 0) is 0 Å². The second-order valence-corrected chi connectivity index (χ2v) is 5.04. The molecule has 21 heavy (non-hydrogen) atoms. The number of aliphatic hydroxyl groups is 2. The maximum absolute atomic E-state index is 9.09. The third-order valence-corrected chi connectivity index (χ3v) is 3.55. The monoisotopic (exact) mass is 284 g/mol. The highest BCUT2D eigenvalue weighted by Crippen LogP contribution is 2.23. The zero-order valence-corrected chi connectivity index (χ0v) is 12.1. The third-order valence-electron chi connectivity index (χ3n) is 3.55. The molecule has 0 atom stereocenters. The molecule has 2 rings (SSSR count). The van der Waals surface area contributed by atoms with Crippen LogP contribution in [0.2, 0.25) is 0 Å². The van der Waals surface area contributed by atoms with E-state index < -0.39 is 0 Å². The summed E-state index contributed by atoms with van der Waals surface area (Å²) in [6.45, 7) is 0.298. The second-order valence-electron chi connectivity index (χ2n) is 5.04. The van der Waals surface area contributed by atoms with Crippen molar-refractivity contribution in [2.45, 2.75) is 18.8 Å². The number of aromatic amines is 1. The van der Waals surface area contributed by atoms with Gasteiger partial charge in [0.2, 0.25) is 5.69 Å². The lowest BCUT2D eigenvalue weighted by Gasteiger charge is -2.15. The molecule has 3 N–H and O–H groups in total. The van der Waals surface area contributed by atoms with Gasteiger partial charge in [-0.1, -0.05) is 24.3 Å². The highest BCUT2D eigenvalue weighted by molar-refractivity contribution is 5.66. The Morgan fingerprint density at radius 3 is 2.19 bits per heavy atom. The first-order valence-corrected chi connectivity index (χ1v) is 7.30. The van der Waals surface area contributed by atoms with Gasteiger partial charge in [0.15, 0.2) is 6.20 Å². The van der Waals surface area contributed by atoms with Crippen LogP contribution in [0.3, 0.4) is 0 Å². The van der Waals surface area contributed by atoms with Gasteiger partial charge in [-0.3, -0.25) is 0 Å². The lowest BCUT2D eigenvalue weighted by atomic mass is 9.92. The van der Waals surface area contributed by atoms with E-state index in [-0.39, 0.29) is 19.1 Å². The predicted molar refractivity (Wildman–Crippen MR) is 84.5 cm³/mol. The molecule has 1 aromatic heterocycles. The van der Waals surface area contributed by atoms with Crippen LogP contribution in [0.5, 0.6) is 0 Å². The largest absolute Gasteiger partial charge is 0.396 e. The standard InChI is InChI=1S/C18H21NO2/c20-13-10-17(11-14-21)16-7-4-15(5-8-16)6-9-18-3-1-2-12-19-18/h1-9,12,17,20-21H,10-11,13-14H2/p+1/b9-6+. The number of aromatic nitrogens is 1. The van der Waals surface area contributed by atoms with E-state index in [0.717, 1.165) is 11.3 Å². The Morgan fingerprint density at radius 1 is 0.905 bits per heavy atom. The second kappa shape index (κ2) is 8.35. The molecule has 0 spiro atoms. The quantitative estimate of drug-likeness (QED) is 0.821. The van der Waals surface area contributed by atoms with Crippen LogP contribution in [0.4, 0.5) is 0 Å². The molecule has 0 aliphatic heterocycles. The summed E-state index contributed by atoms with van der Waals surface area (Å²) < 4.78 is 0. The summed E-state index contributed by atoms with van der Waals surface area (Å²) in [6, 6.07) is 14.2. The maximum Gasteiger partial charge on any atom is 0.203 e. The fourth-order valence-corrected chi connectivity index (χ4v) is 2.37. The summed E-state index contributed by atoms with van der Waals surface area (Å²) in [7, 11) is 0. The van der Waals surface area contributed by atoms with Crippen LogP contribution < -0.4 is 4.98 Å². The first-order chi connectivity index (χ1) is 10.3. The Morgan fingerprint density at radius 2 is 1.62 bits per heavy atom. The molecule has 3 heteroatoms. The van der Waals surface area contributed by atoms with E-state index in [4.69, 9.17) is 10.2 Å². The highest BCUT2D eigenvalue weighted by atomic mass is 16.3. The average molecular weight is 284 g/mol. The summed E-state index contributed by atoms with van der Waals surface area (Å²) in [5.41, 5.74) is 3.35. The molecule has 0 amide bonds. The van der Waals surface area contributed by atoms with E-state index in [1.807, 2.05) is 30.5 Å². The SMILES string of the molecule is OCCC(CCO)c1ccc(/C=C/c2cccc[nH+]2)cc1. The van der Waals surface area contributed by atoms with Gasteiger partial charge in [-0.05, 0) is 42.0 Å². The molecule has 2 aromatic rings. The van der Waals surface area contributed by atoms with Crippen LogP contribution in [0.1, 0.15) is 35.6 Å². The van der Waals surface area contributed by atoms with Gasteiger partial charge in [0.25, 0.3) is 0 Å². The van der Waals surface area contributed by atoms with Gasteiger partial charge in [-0.2, -0.15) is 0 Å². The molecule has 1 heterocycles. The highest BCUT2D eigenvalue weighted by Gasteiger charge is 2.10. The Kier molecular flexibility index (Phi) is 6.13. The number of hydrogen-bond acceptors (Lipinski definition) is 2. The van der Waals surface area contributed by atoms with Crippen LogP contribution in [0, 0.1) is 0 Å². The van der Waals surface area contributed by atoms with Gasteiger partial charge >= 0.3 is 0 Å². The predicted octanol–water partition coefficient (Wildman–Crippen LogP) is 2.52. The van der Waals surface area contributed by atoms with Crippen LogP contribution in [0.15, 0.2) is 48.7 Å². The smallest absolute Gasteiger partial charge is 0.203 e. The Hall–Kier alpha value is -1.97. The molecule has 0 aliphatic carbocycles. The van der Waals surface area contributed by atoms with Gasteiger partial charge < -0.3 is 10.2 Å². The van der Waals surface area contributed by atoms with Crippen LogP contribution in [-0.4, -0.2) is 23.4 Å². The van der Waals surface area contributed by atoms with E-state index in [1.165, 1.54) is 5.56 Å². The zero-order chi connectivity index (χ0) is 14.9. The minimum Gasteiger partial charge on any atom is -0.396 e. The van der Waals surface area contributed by atoms with Crippen molar-refractivity contribution in [3.8, 4) is 0 Å². The number of aliphatic hydroxyl groups excluding tert-OH is 2. The van der Waals surface area contributed by atoms with Crippen molar-refractivity contribution >= 4 is 12.2 Å². The third kappa shape index (κ3) is 4.81. The van der Waals surface area contributed by atoms with Crippen molar-refractivity contribution in [1.29, 1.82) is 0 Å². The van der Waals surface area contributed by atoms with Gasteiger partial charge in [0.05, 0.1) is 0 Å². The van der Waals surface area contributed by atoms with E-state index >= 15 is 0 Å². The van der Waals surface area contributed by atoms with Gasteiger partial charge in [0.1, 0.15) is 0 Å². The van der Waals surface area contributed by atoms with E-state index in [2.05, 4.69) is 35.3 Å². The van der Waals surface area contributed by atoms with Crippen molar-refractivity contribution in [2.75, 3.05) is 13.2 Å². The summed E-state index contributed by atoms with van der Waals surface area (Å²) in [5.74, 6) is 0.223. The fraction of sp³-hybridized carbons (Fsp3) is 0.278. The molecule has 0 fully saturated rings. The minimum absolute atomic E-state index is 0.149. The zero-order valence-electron chi connectivity index (χ0n) is 12.1. The van der Waals surface area contributed by atoms with E-state index in [1.54, 1.807) is 0 Å². The van der Waals surface area contributed by atoms with Crippen LogP contribution in [0.25, 0.3) is 12.2 Å². The topological polar surface area (TPSA) is 54.6 Å². The lowest BCUT2D eigenvalue weighted by Crippen LogP contribution is -2.04. The Bertz CT molecular complexity index is 543. The fourth-order valence-electron chi connectivity index (χ4n) is 2.37. The molecular weight excluding hydrogens is 262 g/mol. The molecule has 0 bridgehead atoms. The minimum atomic E-state index is 0.149. The average Bonchev–Trinajstić information content (AvgIpc) is 2.54. The van der Waals surface area contributed by atoms with Crippen LogP contribution >= 0.6 is 0 Å². The molecule has 0 saturated heterocycles. The summed E-state index contributed by atoms with van der Waals surface area (Å²) in [5, 5.41) is 18.2. The lowest BCUT2D eigenvalue weighted by molar-refractivity contribution is -0.380. The van der Waals surface area contributed by atoms with Gasteiger partial charge in [0, 0.05) is 31.4 Å². The Labute approximate surface area is 125 Å². The normalized spacial score (nSPS) is 11.4. The number of H-pyrrole nitrogens is 1. The van der Waals surface area contributed by atoms with Gasteiger partial charge in [-0.25, -0.2) is 4.98 Å². The molecule has 1 aromatic carbocycles. The molecule has 0 radical (unpaired) electrons. The number of rotatable bonds is 7. The number of benzene rings is 1. The molecule has 0 aliphatic rings. The Balaban J connectivity index is 2.06. The van der Waals surface area contributed by atoms with Gasteiger partial charge in [-0.15, -0.1) is 0 Å². The number of hydrogen-bond donors (Lipinski definition) is 2. The van der Waals surface area contributed by atoms with Crippen molar-refractivity contribution in [3.63, 3.8) is 0 Å². The molecule has 3 nitrogen and oxygen atoms in total.